The van der Waals surface area contributed by atoms with Crippen LogP contribution in [-0.2, 0) is 0 Å². The second-order valence-corrected chi connectivity index (χ2v) is 5.42. The molecule has 0 aromatic heterocycles. The van der Waals surface area contributed by atoms with Crippen LogP contribution in [0.2, 0.25) is 0 Å². The third-order valence-electron chi connectivity index (χ3n) is 2.59. The van der Waals surface area contributed by atoms with Crippen molar-refractivity contribution in [2.75, 3.05) is 0 Å². The van der Waals surface area contributed by atoms with Crippen molar-refractivity contribution in [3.05, 3.63) is 0 Å². The minimum atomic E-state index is 0.0129. The zero-order valence-electron chi connectivity index (χ0n) is 9.15. The van der Waals surface area contributed by atoms with Crippen molar-refractivity contribution in [1.82, 2.24) is 0 Å². The topological polar surface area (TPSA) is 0 Å². The minimum Gasteiger partial charge on any atom is -0.119 e. The molecule has 0 N–H and O–H groups in total. The summed E-state index contributed by atoms with van der Waals surface area (Å²) in [6.07, 6.45) is 3.55. The summed E-state index contributed by atoms with van der Waals surface area (Å²) in [7, 11) is 0. The van der Waals surface area contributed by atoms with Gasteiger partial charge >= 0.3 is 0 Å². The lowest BCUT2D eigenvalue weighted by atomic mass is 9.85. The molecule has 74 valence electrons. The van der Waals surface area contributed by atoms with E-state index in [1.165, 1.54) is 12.8 Å². The molecular weight excluding hydrogens is 168 g/mol. The molecule has 0 aliphatic carbocycles. The van der Waals surface area contributed by atoms with Crippen molar-refractivity contribution >= 4 is 11.6 Å². The zero-order chi connectivity index (χ0) is 9.78. The maximum atomic E-state index is 6.43. The van der Waals surface area contributed by atoms with Crippen LogP contribution in [0.4, 0.5) is 0 Å². The highest BCUT2D eigenvalue weighted by atomic mass is 35.5. The quantitative estimate of drug-likeness (QED) is 0.562. The van der Waals surface area contributed by atoms with Gasteiger partial charge in [-0.15, -0.1) is 11.6 Å². The smallest absolute Gasteiger partial charge is 0.0444 e. The first-order chi connectivity index (χ1) is 5.40. The normalized spacial score (nSPS) is 19.2. The molecule has 0 saturated carbocycles. The number of hydrogen-bond acceptors (Lipinski definition) is 0. The van der Waals surface area contributed by atoms with Gasteiger partial charge in [0.15, 0.2) is 0 Å². The van der Waals surface area contributed by atoms with Gasteiger partial charge in [0, 0.05) is 4.87 Å². The summed E-state index contributed by atoms with van der Waals surface area (Å²) in [6.45, 7) is 11.2. The van der Waals surface area contributed by atoms with Crippen LogP contribution in [0.25, 0.3) is 0 Å². The Labute approximate surface area is 82.7 Å². The van der Waals surface area contributed by atoms with Gasteiger partial charge in [0.05, 0.1) is 0 Å². The maximum Gasteiger partial charge on any atom is 0.0444 e. The molecule has 0 aliphatic heterocycles. The van der Waals surface area contributed by atoms with E-state index in [9.17, 15) is 0 Å². The molecule has 0 saturated heterocycles. The molecule has 0 spiro atoms. The van der Waals surface area contributed by atoms with Gasteiger partial charge < -0.3 is 0 Å². The highest BCUT2D eigenvalue weighted by Gasteiger charge is 2.27. The molecule has 2 atom stereocenters. The molecule has 0 fully saturated rings. The zero-order valence-corrected chi connectivity index (χ0v) is 9.91. The lowest BCUT2D eigenvalue weighted by Gasteiger charge is -2.30. The molecule has 0 nitrogen and oxygen atoms in total. The first-order valence-corrected chi connectivity index (χ1v) is 5.46. The van der Waals surface area contributed by atoms with Crippen molar-refractivity contribution in [1.29, 1.82) is 0 Å². The van der Waals surface area contributed by atoms with Crippen molar-refractivity contribution in [2.45, 2.75) is 58.8 Å². The first-order valence-electron chi connectivity index (χ1n) is 5.09. The lowest BCUT2D eigenvalue weighted by molar-refractivity contribution is 0.333. The van der Waals surface area contributed by atoms with Crippen LogP contribution in [0.5, 0.6) is 0 Å². The second kappa shape index (κ2) is 5.11. The van der Waals surface area contributed by atoms with E-state index in [0.717, 1.165) is 12.3 Å². The van der Waals surface area contributed by atoms with Crippen LogP contribution >= 0.6 is 11.6 Å². The predicted molar refractivity (Wildman–Crippen MR) is 57.8 cm³/mol. The van der Waals surface area contributed by atoms with Crippen LogP contribution in [0.3, 0.4) is 0 Å². The Bertz CT molecular complexity index is 116. The summed E-state index contributed by atoms with van der Waals surface area (Å²) in [5, 5.41) is 0. The van der Waals surface area contributed by atoms with E-state index < -0.39 is 0 Å². The Kier molecular flexibility index (Phi) is 5.24. The molecule has 0 rings (SSSR count). The predicted octanol–water partition coefficient (Wildman–Crippen LogP) is 4.47. The standard InChI is InChI=1S/C11H23Cl/c1-6-7-11(5,12)10(4)8-9(2)3/h9-10H,6-8H2,1-5H3. The Morgan fingerprint density at radius 3 is 2.08 bits per heavy atom. The SMILES string of the molecule is CCCC(C)(Cl)C(C)CC(C)C. The fraction of sp³-hybridized carbons (Fsp3) is 1.00. The first kappa shape index (κ1) is 12.3. The van der Waals surface area contributed by atoms with Gasteiger partial charge in [-0.3, -0.25) is 0 Å². The van der Waals surface area contributed by atoms with Gasteiger partial charge in [0.2, 0.25) is 0 Å². The van der Waals surface area contributed by atoms with E-state index in [4.69, 9.17) is 11.6 Å². The number of halogens is 1. The third-order valence-corrected chi connectivity index (χ3v) is 3.15. The van der Waals surface area contributed by atoms with Crippen LogP contribution in [0.1, 0.15) is 53.9 Å². The Morgan fingerprint density at radius 2 is 1.75 bits per heavy atom. The summed E-state index contributed by atoms with van der Waals surface area (Å²) >= 11 is 6.43. The second-order valence-electron chi connectivity index (χ2n) is 4.56. The molecule has 0 radical (unpaired) electrons. The van der Waals surface area contributed by atoms with Gasteiger partial charge in [0.25, 0.3) is 0 Å². The monoisotopic (exact) mass is 190 g/mol. The van der Waals surface area contributed by atoms with Crippen molar-refractivity contribution in [3.63, 3.8) is 0 Å². The van der Waals surface area contributed by atoms with E-state index in [-0.39, 0.29) is 4.87 Å². The van der Waals surface area contributed by atoms with E-state index in [1.807, 2.05) is 0 Å². The third kappa shape index (κ3) is 4.35. The minimum absolute atomic E-state index is 0.0129. The Morgan fingerprint density at radius 1 is 1.25 bits per heavy atom. The van der Waals surface area contributed by atoms with Crippen molar-refractivity contribution in [2.24, 2.45) is 11.8 Å². The van der Waals surface area contributed by atoms with E-state index in [1.54, 1.807) is 0 Å². The fourth-order valence-electron chi connectivity index (χ4n) is 1.69. The summed E-state index contributed by atoms with van der Waals surface area (Å²) in [5.41, 5.74) is 0. The van der Waals surface area contributed by atoms with Crippen LogP contribution in [0, 0.1) is 11.8 Å². The van der Waals surface area contributed by atoms with E-state index >= 15 is 0 Å². The molecular formula is C11H23Cl. The maximum absolute atomic E-state index is 6.43. The molecule has 0 aromatic carbocycles. The molecule has 12 heavy (non-hydrogen) atoms. The summed E-state index contributed by atoms with van der Waals surface area (Å²) < 4.78 is 0. The highest BCUT2D eigenvalue weighted by Crippen LogP contribution is 2.33. The number of rotatable bonds is 5. The summed E-state index contributed by atoms with van der Waals surface area (Å²) in [4.78, 5) is 0.0129. The molecule has 0 heterocycles. The van der Waals surface area contributed by atoms with Crippen molar-refractivity contribution in [3.8, 4) is 0 Å². The molecule has 1 heteroatoms. The van der Waals surface area contributed by atoms with Gasteiger partial charge in [-0.05, 0) is 31.6 Å². The van der Waals surface area contributed by atoms with Crippen molar-refractivity contribution < 1.29 is 0 Å². The van der Waals surface area contributed by atoms with Gasteiger partial charge in [0.1, 0.15) is 0 Å². The average molecular weight is 191 g/mol. The van der Waals surface area contributed by atoms with Gasteiger partial charge in [-0.2, -0.15) is 0 Å². The molecule has 0 aromatic rings. The van der Waals surface area contributed by atoms with Gasteiger partial charge in [-0.1, -0.05) is 34.1 Å². The fourth-order valence-corrected chi connectivity index (χ4v) is 1.97. The Balaban J connectivity index is 3.96. The molecule has 2 unspecified atom stereocenters. The van der Waals surface area contributed by atoms with E-state index in [2.05, 4.69) is 34.6 Å². The number of hydrogen-bond donors (Lipinski definition) is 0. The van der Waals surface area contributed by atoms with Crippen LogP contribution in [0.15, 0.2) is 0 Å². The molecule has 0 bridgehead atoms. The Hall–Kier alpha value is 0.290. The largest absolute Gasteiger partial charge is 0.119 e. The van der Waals surface area contributed by atoms with Gasteiger partial charge in [-0.25, -0.2) is 0 Å². The van der Waals surface area contributed by atoms with E-state index in [0.29, 0.717) is 5.92 Å². The molecule has 0 amide bonds. The van der Waals surface area contributed by atoms with Crippen LogP contribution in [-0.4, -0.2) is 4.87 Å². The summed E-state index contributed by atoms with van der Waals surface area (Å²) in [5.74, 6) is 1.38. The molecule has 0 aliphatic rings. The number of alkyl halides is 1. The highest BCUT2D eigenvalue weighted by molar-refractivity contribution is 6.23. The van der Waals surface area contributed by atoms with Crippen LogP contribution < -0.4 is 0 Å². The lowest BCUT2D eigenvalue weighted by Crippen LogP contribution is -2.27. The average Bonchev–Trinajstić information content (AvgIpc) is 1.85. The summed E-state index contributed by atoms with van der Waals surface area (Å²) in [6, 6.07) is 0.